The maximum Gasteiger partial charge on any atom is 0.166 e. The highest BCUT2D eigenvalue weighted by Crippen LogP contribution is 2.21. The average Bonchev–Trinajstić information content (AvgIpc) is 2.80. The number of fused-ring (bicyclic) bond motifs is 1. The van der Waals surface area contributed by atoms with Gasteiger partial charge in [0, 0.05) is 28.4 Å². The van der Waals surface area contributed by atoms with E-state index < -0.39 is 11.6 Å². The van der Waals surface area contributed by atoms with Crippen LogP contribution < -0.4 is 0 Å². The van der Waals surface area contributed by atoms with Crippen molar-refractivity contribution in [1.82, 2.24) is 4.98 Å². The minimum atomic E-state index is -0.837. The SMILES string of the molecule is CCCc1ccc(CCc2ccc(C#Cc3ccc4c(F)c(F)ccc4c3)cc2)nc1. The molecule has 4 rings (SSSR count). The van der Waals surface area contributed by atoms with Crippen LogP contribution in [0.1, 0.15) is 41.3 Å². The quantitative estimate of drug-likeness (QED) is 0.335. The molecule has 0 amide bonds. The van der Waals surface area contributed by atoms with E-state index in [-0.39, 0.29) is 5.39 Å². The highest BCUT2D eigenvalue weighted by molar-refractivity contribution is 5.84. The zero-order valence-electron chi connectivity index (χ0n) is 17.5. The Hall–Kier alpha value is -3.51. The Kier molecular flexibility index (Phi) is 6.38. The molecule has 1 nitrogen and oxygen atoms in total. The maximum atomic E-state index is 13.8. The number of pyridine rings is 1. The molecule has 0 aliphatic heterocycles. The lowest BCUT2D eigenvalue weighted by Crippen LogP contribution is -1.95. The predicted molar refractivity (Wildman–Crippen MR) is 122 cm³/mol. The summed E-state index contributed by atoms with van der Waals surface area (Å²) < 4.78 is 27.2. The van der Waals surface area contributed by atoms with Crippen LogP contribution in [0.4, 0.5) is 8.78 Å². The summed E-state index contributed by atoms with van der Waals surface area (Å²) in [6.07, 6.45) is 6.03. The summed E-state index contributed by atoms with van der Waals surface area (Å²) in [7, 11) is 0. The molecule has 0 radical (unpaired) electrons. The molecule has 3 aromatic carbocycles. The second-order valence-corrected chi connectivity index (χ2v) is 7.65. The average molecular weight is 411 g/mol. The lowest BCUT2D eigenvalue weighted by molar-refractivity contribution is 0.517. The third-order valence-electron chi connectivity index (χ3n) is 5.31. The Labute approximate surface area is 181 Å². The molecule has 3 heteroatoms. The largest absolute Gasteiger partial charge is 0.261 e. The maximum absolute atomic E-state index is 13.8. The van der Waals surface area contributed by atoms with E-state index in [0.29, 0.717) is 5.39 Å². The number of nitrogens with zero attached hydrogens (tertiary/aromatic N) is 1. The van der Waals surface area contributed by atoms with E-state index in [2.05, 4.69) is 48.0 Å². The van der Waals surface area contributed by atoms with Crippen molar-refractivity contribution in [3.05, 3.63) is 113 Å². The molecule has 0 saturated heterocycles. The van der Waals surface area contributed by atoms with E-state index >= 15 is 0 Å². The van der Waals surface area contributed by atoms with Gasteiger partial charge in [-0.1, -0.05) is 55.5 Å². The van der Waals surface area contributed by atoms with Crippen molar-refractivity contribution in [2.45, 2.75) is 32.6 Å². The Morgan fingerprint density at radius 3 is 2.23 bits per heavy atom. The zero-order valence-corrected chi connectivity index (χ0v) is 17.5. The minimum Gasteiger partial charge on any atom is -0.261 e. The van der Waals surface area contributed by atoms with Gasteiger partial charge in [-0.25, -0.2) is 8.78 Å². The molecule has 0 aliphatic carbocycles. The smallest absolute Gasteiger partial charge is 0.166 e. The highest BCUT2D eigenvalue weighted by atomic mass is 19.2. The van der Waals surface area contributed by atoms with E-state index in [1.54, 1.807) is 24.3 Å². The van der Waals surface area contributed by atoms with Crippen LogP contribution in [-0.4, -0.2) is 4.98 Å². The van der Waals surface area contributed by atoms with Gasteiger partial charge in [-0.3, -0.25) is 4.98 Å². The van der Waals surface area contributed by atoms with Crippen LogP contribution in [0.2, 0.25) is 0 Å². The number of rotatable bonds is 5. The fourth-order valence-electron chi connectivity index (χ4n) is 3.55. The van der Waals surface area contributed by atoms with Crippen molar-refractivity contribution < 1.29 is 8.78 Å². The van der Waals surface area contributed by atoms with Crippen LogP contribution in [0.3, 0.4) is 0 Å². The Morgan fingerprint density at radius 2 is 1.48 bits per heavy atom. The summed E-state index contributed by atoms with van der Waals surface area (Å²) in [6.45, 7) is 2.17. The van der Waals surface area contributed by atoms with Gasteiger partial charge in [-0.2, -0.15) is 0 Å². The van der Waals surface area contributed by atoms with Crippen LogP contribution in [0.15, 0.2) is 72.9 Å². The Morgan fingerprint density at radius 1 is 0.742 bits per heavy atom. The number of halogens is 2. The van der Waals surface area contributed by atoms with E-state index in [1.807, 2.05) is 18.3 Å². The van der Waals surface area contributed by atoms with Gasteiger partial charge in [0.05, 0.1) is 0 Å². The minimum absolute atomic E-state index is 0.268. The van der Waals surface area contributed by atoms with E-state index in [4.69, 9.17) is 0 Å². The molecule has 0 atom stereocenters. The van der Waals surface area contributed by atoms with E-state index in [0.717, 1.165) is 48.6 Å². The molecule has 0 spiro atoms. The van der Waals surface area contributed by atoms with Gasteiger partial charge in [0.1, 0.15) is 0 Å². The molecule has 31 heavy (non-hydrogen) atoms. The van der Waals surface area contributed by atoms with Gasteiger partial charge >= 0.3 is 0 Å². The predicted octanol–water partition coefficient (Wildman–Crippen LogP) is 6.65. The summed E-state index contributed by atoms with van der Waals surface area (Å²) in [5, 5.41) is 0.904. The van der Waals surface area contributed by atoms with Crippen LogP contribution in [0.25, 0.3) is 10.8 Å². The third-order valence-corrected chi connectivity index (χ3v) is 5.31. The van der Waals surface area contributed by atoms with Gasteiger partial charge in [0.25, 0.3) is 0 Å². The highest BCUT2D eigenvalue weighted by Gasteiger charge is 2.06. The first-order chi connectivity index (χ1) is 15.1. The summed E-state index contributed by atoms with van der Waals surface area (Å²) in [5.41, 5.74) is 5.32. The zero-order chi connectivity index (χ0) is 21.6. The van der Waals surface area contributed by atoms with Crippen molar-refractivity contribution >= 4 is 10.8 Å². The fourth-order valence-corrected chi connectivity index (χ4v) is 3.55. The summed E-state index contributed by atoms with van der Waals surface area (Å²) in [6, 6.07) is 20.3. The van der Waals surface area contributed by atoms with Crippen molar-refractivity contribution in [3.8, 4) is 11.8 Å². The Balaban J connectivity index is 1.40. The Bertz CT molecular complexity index is 1250. The van der Waals surface area contributed by atoms with E-state index in [1.165, 1.54) is 11.1 Å². The molecular formula is C28H23F2N. The number of hydrogen-bond acceptors (Lipinski definition) is 1. The van der Waals surface area contributed by atoms with Gasteiger partial charge in [-0.15, -0.1) is 0 Å². The third kappa shape index (κ3) is 5.16. The molecule has 1 heterocycles. The van der Waals surface area contributed by atoms with E-state index in [9.17, 15) is 8.78 Å². The second kappa shape index (κ2) is 9.53. The standard InChI is InChI=1S/C28H23F2N/c1-2-3-23-11-15-25(31-19-23)14-10-21-6-4-20(5-7-21)8-9-22-12-16-26-24(18-22)13-17-27(29)28(26)30/h4-7,11-13,15-19H,2-3,10,14H2,1H3. The fraction of sp³-hybridized carbons (Fsp3) is 0.179. The number of aromatic nitrogens is 1. The molecule has 0 unspecified atom stereocenters. The molecule has 0 saturated carbocycles. The van der Waals surface area contributed by atoms with Gasteiger partial charge in [0.15, 0.2) is 11.6 Å². The molecule has 4 aromatic rings. The van der Waals surface area contributed by atoms with Crippen LogP contribution in [0.5, 0.6) is 0 Å². The van der Waals surface area contributed by atoms with Crippen molar-refractivity contribution in [2.24, 2.45) is 0 Å². The summed E-state index contributed by atoms with van der Waals surface area (Å²) in [5.74, 6) is 4.59. The molecule has 0 N–H and O–H groups in total. The lowest BCUT2D eigenvalue weighted by Gasteiger charge is -2.04. The summed E-state index contributed by atoms with van der Waals surface area (Å²) in [4.78, 5) is 4.56. The van der Waals surface area contributed by atoms with Crippen LogP contribution in [0, 0.1) is 23.5 Å². The lowest BCUT2D eigenvalue weighted by atomic mass is 10.0. The summed E-state index contributed by atoms with van der Waals surface area (Å²) >= 11 is 0. The second-order valence-electron chi connectivity index (χ2n) is 7.65. The number of benzene rings is 3. The van der Waals surface area contributed by atoms with Gasteiger partial charge in [0.2, 0.25) is 0 Å². The first-order valence-electron chi connectivity index (χ1n) is 10.5. The first-order valence-corrected chi connectivity index (χ1v) is 10.5. The number of hydrogen-bond donors (Lipinski definition) is 0. The monoisotopic (exact) mass is 411 g/mol. The molecule has 0 bridgehead atoms. The van der Waals surface area contributed by atoms with Crippen molar-refractivity contribution in [3.63, 3.8) is 0 Å². The van der Waals surface area contributed by atoms with Crippen LogP contribution in [-0.2, 0) is 19.3 Å². The number of aryl methyl sites for hydroxylation is 3. The van der Waals surface area contributed by atoms with Crippen LogP contribution >= 0.6 is 0 Å². The molecular weight excluding hydrogens is 388 g/mol. The first kappa shape index (κ1) is 20.8. The molecule has 1 aromatic heterocycles. The van der Waals surface area contributed by atoms with Gasteiger partial charge < -0.3 is 0 Å². The van der Waals surface area contributed by atoms with Crippen molar-refractivity contribution in [1.29, 1.82) is 0 Å². The molecule has 0 aliphatic rings. The molecule has 154 valence electrons. The van der Waals surface area contributed by atoms with Crippen molar-refractivity contribution in [2.75, 3.05) is 0 Å². The van der Waals surface area contributed by atoms with Gasteiger partial charge in [-0.05, 0) is 72.2 Å². The normalized spacial score (nSPS) is 10.7. The molecule has 0 fully saturated rings. The topological polar surface area (TPSA) is 12.9 Å².